The molecule has 2 aromatic carbocycles. The van der Waals surface area contributed by atoms with Crippen LogP contribution in [-0.2, 0) is 24.8 Å². The normalized spacial score (nSPS) is 15.5. The summed E-state index contributed by atoms with van der Waals surface area (Å²) in [7, 11) is -7.19. The van der Waals surface area contributed by atoms with Crippen molar-refractivity contribution in [2.75, 3.05) is 36.8 Å². The first-order valence-corrected chi connectivity index (χ1v) is 14.8. The number of ether oxygens (including phenoxy) is 1. The molecule has 3 rings (SSSR count). The van der Waals surface area contributed by atoms with Crippen molar-refractivity contribution < 1.29 is 26.4 Å². The van der Waals surface area contributed by atoms with E-state index in [1.165, 1.54) is 16.4 Å². The predicted molar refractivity (Wildman–Crippen MR) is 136 cm³/mol. The Bertz CT molecular complexity index is 1250. The number of hydrogen-bond acceptors (Lipinski definition) is 6. The molecule has 1 atom stereocenters. The number of nitrogens with one attached hydrogen (secondary N) is 1. The lowest BCUT2D eigenvalue weighted by Crippen LogP contribution is -2.48. The average molecular weight is 524 g/mol. The van der Waals surface area contributed by atoms with Gasteiger partial charge >= 0.3 is 0 Å². The Balaban J connectivity index is 1.57. The topological polar surface area (TPSA) is 113 Å². The van der Waals surface area contributed by atoms with Gasteiger partial charge in [0.25, 0.3) is 0 Å². The summed E-state index contributed by atoms with van der Waals surface area (Å²) in [5, 5.41) is 2.71. The monoisotopic (exact) mass is 523 g/mol. The minimum Gasteiger partial charge on any atom is -0.492 e. The maximum Gasteiger partial charge on any atom is 0.243 e. The predicted octanol–water partition coefficient (Wildman–Crippen LogP) is 2.44. The molecule has 1 amide bonds. The van der Waals surface area contributed by atoms with Crippen molar-refractivity contribution in [1.82, 2.24) is 9.62 Å². The van der Waals surface area contributed by atoms with Crippen molar-refractivity contribution in [2.45, 2.75) is 44.6 Å². The van der Waals surface area contributed by atoms with E-state index in [0.717, 1.165) is 34.5 Å². The zero-order valence-corrected chi connectivity index (χ0v) is 22.2. The summed E-state index contributed by atoms with van der Waals surface area (Å²) in [6.07, 6.45) is 2.82. The van der Waals surface area contributed by atoms with Crippen LogP contribution in [0.15, 0.2) is 47.4 Å². The molecule has 1 aliphatic heterocycles. The molecule has 1 saturated heterocycles. The van der Waals surface area contributed by atoms with Crippen molar-refractivity contribution in [2.24, 2.45) is 0 Å². The molecular weight excluding hydrogens is 490 g/mol. The van der Waals surface area contributed by atoms with Gasteiger partial charge in [-0.15, -0.1) is 0 Å². The van der Waals surface area contributed by atoms with Gasteiger partial charge in [0.15, 0.2) is 0 Å². The van der Waals surface area contributed by atoms with Crippen LogP contribution in [0.25, 0.3) is 0 Å². The highest BCUT2D eigenvalue weighted by Gasteiger charge is 2.30. The molecular formula is C24H33N3O6S2. The molecule has 1 aliphatic rings. The van der Waals surface area contributed by atoms with Crippen LogP contribution in [0.1, 0.15) is 30.9 Å². The maximum atomic E-state index is 12.7. The second-order valence-corrected chi connectivity index (χ2v) is 12.5. The number of benzene rings is 2. The zero-order valence-electron chi connectivity index (χ0n) is 20.5. The lowest BCUT2D eigenvalue weighted by atomic mass is 10.1. The minimum absolute atomic E-state index is 0.138. The zero-order chi connectivity index (χ0) is 25.8. The number of sulfonamides is 2. The Morgan fingerprint density at radius 2 is 1.69 bits per heavy atom. The second kappa shape index (κ2) is 11.0. The number of hydrogen-bond donors (Lipinski definition) is 1. The Labute approximate surface area is 208 Å². The van der Waals surface area contributed by atoms with Crippen LogP contribution >= 0.6 is 0 Å². The average Bonchev–Trinajstić information content (AvgIpc) is 3.34. The fourth-order valence-electron chi connectivity index (χ4n) is 4.01. The molecule has 0 spiro atoms. The second-order valence-electron chi connectivity index (χ2n) is 8.75. The molecule has 1 N–H and O–H groups in total. The van der Waals surface area contributed by atoms with Gasteiger partial charge in [-0.2, -0.15) is 4.31 Å². The van der Waals surface area contributed by atoms with E-state index in [9.17, 15) is 21.6 Å². The highest BCUT2D eigenvalue weighted by atomic mass is 32.2. The molecule has 192 valence electrons. The summed E-state index contributed by atoms with van der Waals surface area (Å²) in [4.78, 5) is 13.0. The highest BCUT2D eigenvalue weighted by Crippen LogP contribution is 2.26. The lowest BCUT2D eigenvalue weighted by Gasteiger charge is -2.29. The van der Waals surface area contributed by atoms with Crippen LogP contribution in [0.5, 0.6) is 5.75 Å². The molecule has 9 nitrogen and oxygen atoms in total. The van der Waals surface area contributed by atoms with E-state index in [1.807, 2.05) is 19.1 Å². The van der Waals surface area contributed by atoms with Gasteiger partial charge in [0.05, 0.1) is 23.4 Å². The number of aryl methyl sites for hydroxylation is 2. The number of carbonyl (C=O) groups excluding carboxylic acids is 1. The summed E-state index contributed by atoms with van der Waals surface area (Å²) in [5.41, 5.74) is 2.11. The molecule has 1 fully saturated rings. The maximum absolute atomic E-state index is 12.7. The highest BCUT2D eigenvalue weighted by molar-refractivity contribution is 7.92. The molecule has 35 heavy (non-hydrogen) atoms. The van der Waals surface area contributed by atoms with E-state index in [-0.39, 0.29) is 18.0 Å². The summed E-state index contributed by atoms with van der Waals surface area (Å²) in [6, 6.07) is 10.7. The minimum atomic E-state index is -3.71. The van der Waals surface area contributed by atoms with Gasteiger partial charge < -0.3 is 10.1 Å². The molecule has 0 bridgehead atoms. The Morgan fingerprint density at radius 3 is 2.29 bits per heavy atom. The third kappa shape index (κ3) is 6.53. The van der Waals surface area contributed by atoms with E-state index in [2.05, 4.69) is 5.32 Å². The van der Waals surface area contributed by atoms with Crippen LogP contribution in [-0.4, -0.2) is 65.6 Å². The van der Waals surface area contributed by atoms with Gasteiger partial charge in [0.2, 0.25) is 26.0 Å². The van der Waals surface area contributed by atoms with Crippen LogP contribution in [0, 0.1) is 13.8 Å². The van der Waals surface area contributed by atoms with Crippen molar-refractivity contribution in [3.8, 4) is 5.75 Å². The number of amides is 1. The van der Waals surface area contributed by atoms with E-state index in [1.54, 1.807) is 32.0 Å². The number of anilines is 1. The van der Waals surface area contributed by atoms with Crippen molar-refractivity contribution in [3.63, 3.8) is 0 Å². The largest absolute Gasteiger partial charge is 0.492 e. The molecule has 11 heteroatoms. The van der Waals surface area contributed by atoms with Crippen LogP contribution < -0.4 is 14.4 Å². The first kappa shape index (κ1) is 27.0. The quantitative estimate of drug-likeness (QED) is 0.479. The van der Waals surface area contributed by atoms with Gasteiger partial charge in [0.1, 0.15) is 18.4 Å². The molecule has 0 radical (unpaired) electrons. The van der Waals surface area contributed by atoms with Gasteiger partial charge in [0, 0.05) is 13.1 Å². The smallest absolute Gasteiger partial charge is 0.243 e. The van der Waals surface area contributed by atoms with Gasteiger partial charge in [-0.05, 0) is 75.1 Å². The third-order valence-corrected chi connectivity index (χ3v) is 9.03. The fraction of sp³-hybridized carbons (Fsp3) is 0.458. The summed E-state index contributed by atoms with van der Waals surface area (Å²) >= 11 is 0. The SMILES string of the molecule is Cc1ccc(C)c(N(C(C)C(=O)NCCOc2ccc(S(=O)(=O)N3CCCC3)cc2)S(C)(=O)=O)c1. The van der Waals surface area contributed by atoms with Crippen LogP contribution in [0.2, 0.25) is 0 Å². The number of rotatable bonds is 10. The summed E-state index contributed by atoms with van der Waals surface area (Å²) in [5.74, 6) is 0.0211. The van der Waals surface area contributed by atoms with E-state index >= 15 is 0 Å². The van der Waals surface area contributed by atoms with Crippen LogP contribution in [0.4, 0.5) is 5.69 Å². The molecule has 1 unspecified atom stereocenters. The van der Waals surface area contributed by atoms with Crippen molar-refractivity contribution in [3.05, 3.63) is 53.6 Å². The number of nitrogens with zero attached hydrogens (tertiary/aromatic N) is 2. The number of carbonyl (C=O) groups is 1. The summed E-state index contributed by atoms with van der Waals surface area (Å²) in [6.45, 7) is 6.57. The molecule has 2 aromatic rings. The Hall–Kier alpha value is -2.63. The first-order chi connectivity index (χ1) is 16.4. The van der Waals surface area contributed by atoms with Crippen molar-refractivity contribution >= 4 is 31.6 Å². The summed E-state index contributed by atoms with van der Waals surface area (Å²) < 4.78 is 58.5. The van der Waals surface area contributed by atoms with E-state index in [0.29, 0.717) is 24.5 Å². The Kier molecular flexibility index (Phi) is 8.45. The Morgan fingerprint density at radius 1 is 1.06 bits per heavy atom. The molecule has 1 heterocycles. The van der Waals surface area contributed by atoms with Gasteiger partial charge in [-0.1, -0.05) is 12.1 Å². The van der Waals surface area contributed by atoms with Crippen molar-refractivity contribution in [1.29, 1.82) is 0 Å². The van der Waals surface area contributed by atoms with Gasteiger partial charge in [-0.3, -0.25) is 9.10 Å². The van der Waals surface area contributed by atoms with E-state index < -0.39 is 32.0 Å². The molecule has 0 saturated carbocycles. The van der Waals surface area contributed by atoms with Crippen LogP contribution in [0.3, 0.4) is 0 Å². The van der Waals surface area contributed by atoms with E-state index in [4.69, 9.17) is 4.74 Å². The first-order valence-electron chi connectivity index (χ1n) is 11.5. The standard InChI is InChI=1S/C24H33N3O6S2/c1-18-7-8-19(2)23(17-18)27(34(4,29)30)20(3)24(28)25-13-16-33-21-9-11-22(12-10-21)35(31,32)26-14-5-6-15-26/h7-12,17,20H,5-6,13-16H2,1-4H3,(H,25,28). The molecule has 0 aliphatic carbocycles. The lowest BCUT2D eigenvalue weighted by molar-refractivity contribution is -0.121. The fourth-order valence-corrected chi connectivity index (χ4v) is 6.76. The third-order valence-electron chi connectivity index (χ3n) is 5.89. The molecule has 0 aromatic heterocycles. The van der Waals surface area contributed by atoms with Gasteiger partial charge in [-0.25, -0.2) is 16.8 Å².